The second kappa shape index (κ2) is 5.08. The van der Waals surface area contributed by atoms with E-state index in [9.17, 15) is 0 Å². The van der Waals surface area contributed by atoms with Crippen molar-refractivity contribution in [2.24, 2.45) is 0 Å². The van der Waals surface area contributed by atoms with Crippen LogP contribution in [0.2, 0.25) is 0 Å². The highest BCUT2D eigenvalue weighted by atomic mass is 32.2. The summed E-state index contributed by atoms with van der Waals surface area (Å²) >= 11 is 2.07. The van der Waals surface area contributed by atoms with E-state index < -0.39 is 0 Å². The average molecular weight is 256 g/mol. The van der Waals surface area contributed by atoms with E-state index >= 15 is 0 Å². The first-order valence-corrected chi connectivity index (χ1v) is 8.13. The predicted molar refractivity (Wildman–Crippen MR) is 72.7 cm³/mol. The van der Waals surface area contributed by atoms with Crippen molar-refractivity contribution in [3.05, 3.63) is 0 Å². The Morgan fingerprint density at radius 1 is 1.47 bits per heavy atom. The summed E-state index contributed by atoms with van der Waals surface area (Å²) in [5, 5.41) is 3.49. The fraction of sp³-hybridized carbons (Fsp3) is 1.00. The largest absolute Gasteiger partial charge is 0.374 e. The molecule has 0 bridgehead atoms. The number of rotatable bonds is 1. The van der Waals surface area contributed by atoms with Gasteiger partial charge in [0.1, 0.15) is 0 Å². The molecule has 3 saturated heterocycles. The fourth-order valence-electron chi connectivity index (χ4n) is 3.55. The van der Waals surface area contributed by atoms with Crippen molar-refractivity contribution in [3.63, 3.8) is 0 Å². The van der Waals surface area contributed by atoms with Crippen LogP contribution in [0.15, 0.2) is 0 Å². The van der Waals surface area contributed by atoms with Crippen molar-refractivity contribution >= 4 is 11.8 Å². The quantitative estimate of drug-likeness (QED) is 0.765. The van der Waals surface area contributed by atoms with E-state index in [1.54, 1.807) is 0 Å². The summed E-state index contributed by atoms with van der Waals surface area (Å²) in [5.41, 5.74) is 0.234. The lowest BCUT2D eigenvalue weighted by atomic mass is 9.88. The van der Waals surface area contributed by atoms with Crippen LogP contribution in [-0.4, -0.2) is 60.3 Å². The van der Waals surface area contributed by atoms with Crippen molar-refractivity contribution in [2.75, 3.05) is 37.7 Å². The molecule has 3 fully saturated rings. The number of nitrogens with zero attached hydrogens (tertiary/aromatic N) is 1. The van der Waals surface area contributed by atoms with E-state index in [4.69, 9.17) is 4.74 Å². The Kier molecular flexibility index (Phi) is 3.67. The molecule has 3 aliphatic heterocycles. The molecule has 0 amide bonds. The molecule has 0 aliphatic carbocycles. The number of hydrogen-bond donors (Lipinski definition) is 1. The average Bonchev–Trinajstić information content (AvgIpc) is 2.78. The minimum Gasteiger partial charge on any atom is -0.374 e. The first-order valence-electron chi connectivity index (χ1n) is 6.97. The van der Waals surface area contributed by atoms with Gasteiger partial charge in [-0.2, -0.15) is 11.8 Å². The Morgan fingerprint density at radius 3 is 3.18 bits per heavy atom. The zero-order chi connectivity index (χ0) is 11.7. The summed E-state index contributed by atoms with van der Waals surface area (Å²) in [6.45, 7) is 6.86. The lowest BCUT2D eigenvalue weighted by Crippen LogP contribution is -2.57. The molecule has 3 nitrogen and oxygen atoms in total. The van der Waals surface area contributed by atoms with Crippen molar-refractivity contribution < 1.29 is 4.74 Å². The number of ether oxygens (including phenoxy) is 1. The summed E-state index contributed by atoms with van der Waals surface area (Å²) in [5.74, 6) is 2.52. The van der Waals surface area contributed by atoms with Gasteiger partial charge >= 0.3 is 0 Å². The monoisotopic (exact) mass is 256 g/mol. The van der Waals surface area contributed by atoms with Crippen LogP contribution in [0.1, 0.15) is 26.2 Å². The third-order valence-corrected chi connectivity index (χ3v) is 5.78. The van der Waals surface area contributed by atoms with Gasteiger partial charge in [-0.15, -0.1) is 0 Å². The molecule has 1 spiro atoms. The predicted octanol–water partition coefficient (Wildman–Crippen LogP) is 1.33. The topological polar surface area (TPSA) is 24.5 Å². The highest BCUT2D eigenvalue weighted by molar-refractivity contribution is 7.99. The Labute approximate surface area is 109 Å². The third kappa shape index (κ3) is 2.50. The second-order valence-corrected chi connectivity index (χ2v) is 6.88. The Hall–Kier alpha value is 0.230. The molecule has 3 atom stereocenters. The molecular formula is C13H24N2OS. The van der Waals surface area contributed by atoms with Crippen LogP contribution in [0.25, 0.3) is 0 Å². The van der Waals surface area contributed by atoms with Crippen molar-refractivity contribution in [3.8, 4) is 0 Å². The maximum atomic E-state index is 6.12. The van der Waals surface area contributed by atoms with Gasteiger partial charge in [-0.1, -0.05) is 0 Å². The zero-order valence-electron chi connectivity index (χ0n) is 10.8. The van der Waals surface area contributed by atoms with Crippen LogP contribution in [0.3, 0.4) is 0 Å². The molecule has 4 heteroatoms. The van der Waals surface area contributed by atoms with Crippen molar-refractivity contribution in [1.29, 1.82) is 0 Å². The van der Waals surface area contributed by atoms with E-state index in [2.05, 4.69) is 28.9 Å². The van der Waals surface area contributed by atoms with Crippen molar-refractivity contribution in [1.82, 2.24) is 10.2 Å². The normalized spacial score (nSPS) is 44.3. The first-order chi connectivity index (χ1) is 8.29. The molecule has 0 saturated carbocycles. The highest BCUT2D eigenvalue weighted by Gasteiger charge is 2.42. The maximum Gasteiger partial charge on any atom is 0.0795 e. The van der Waals surface area contributed by atoms with E-state index in [1.165, 1.54) is 37.3 Å². The van der Waals surface area contributed by atoms with Gasteiger partial charge in [0.2, 0.25) is 0 Å². The van der Waals surface area contributed by atoms with Gasteiger partial charge in [0, 0.05) is 44.1 Å². The van der Waals surface area contributed by atoms with Crippen LogP contribution >= 0.6 is 11.8 Å². The molecule has 3 aliphatic rings. The molecule has 98 valence electrons. The highest BCUT2D eigenvalue weighted by Crippen LogP contribution is 2.39. The van der Waals surface area contributed by atoms with Gasteiger partial charge in [0.05, 0.1) is 5.60 Å². The Balaban J connectivity index is 1.66. The Morgan fingerprint density at radius 2 is 2.41 bits per heavy atom. The molecule has 0 aromatic carbocycles. The molecule has 0 radical (unpaired) electrons. The summed E-state index contributed by atoms with van der Waals surface area (Å²) in [6.07, 6.45) is 3.77. The maximum absolute atomic E-state index is 6.12. The van der Waals surface area contributed by atoms with E-state index in [1.807, 2.05) is 0 Å². The minimum atomic E-state index is 0.234. The third-order valence-electron chi connectivity index (χ3n) is 4.56. The molecule has 2 unspecified atom stereocenters. The molecule has 0 aromatic heterocycles. The zero-order valence-corrected chi connectivity index (χ0v) is 11.6. The van der Waals surface area contributed by atoms with Crippen molar-refractivity contribution in [2.45, 2.75) is 43.9 Å². The van der Waals surface area contributed by atoms with Gasteiger partial charge in [0.25, 0.3) is 0 Å². The first kappa shape index (κ1) is 12.3. The summed E-state index contributed by atoms with van der Waals surface area (Å²) < 4.78 is 6.12. The van der Waals surface area contributed by atoms with Crippen LogP contribution in [-0.2, 0) is 4.74 Å². The Bertz CT molecular complexity index is 268. The number of piperazine rings is 1. The van der Waals surface area contributed by atoms with Crippen LogP contribution < -0.4 is 5.32 Å². The molecule has 0 aromatic rings. The summed E-state index contributed by atoms with van der Waals surface area (Å²) in [4.78, 5) is 2.73. The van der Waals surface area contributed by atoms with Crippen LogP contribution in [0.4, 0.5) is 0 Å². The lowest BCUT2D eigenvalue weighted by molar-refractivity contribution is -0.0961. The second-order valence-electron chi connectivity index (χ2n) is 5.77. The molecule has 1 N–H and O–H groups in total. The molecular weight excluding hydrogens is 232 g/mol. The van der Waals surface area contributed by atoms with Gasteiger partial charge < -0.3 is 10.1 Å². The van der Waals surface area contributed by atoms with Gasteiger partial charge in [-0.3, -0.25) is 4.90 Å². The van der Waals surface area contributed by atoms with Gasteiger partial charge in [0.15, 0.2) is 0 Å². The van der Waals surface area contributed by atoms with E-state index in [-0.39, 0.29) is 5.60 Å². The number of nitrogens with one attached hydrogen (secondary N) is 1. The van der Waals surface area contributed by atoms with Crippen LogP contribution in [0.5, 0.6) is 0 Å². The van der Waals surface area contributed by atoms with E-state index in [0.29, 0.717) is 6.04 Å². The molecule has 3 heterocycles. The minimum absolute atomic E-state index is 0.234. The van der Waals surface area contributed by atoms with E-state index in [0.717, 1.165) is 25.7 Å². The fourth-order valence-corrected chi connectivity index (χ4v) is 4.93. The van der Waals surface area contributed by atoms with Gasteiger partial charge in [-0.25, -0.2) is 0 Å². The number of thioether (sulfide) groups is 1. The SMILES string of the molecule is C[C@@H]1CNCCN1C1CCOC2(CCSC2)C1. The molecule has 3 rings (SSSR count). The smallest absolute Gasteiger partial charge is 0.0795 e. The van der Waals surface area contributed by atoms with Gasteiger partial charge in [-0.05, 0) is 31.9 Å². The molecule has 17 heavy (non-hydrogen) atoms. The number of hydrogen-bond acceptors (Lipinski definition) is 4. The summed E-state index contributed by atoms with van der Waals surface area (Å²) in [7, 11) is 0. The summed E-state index contributed by atoms with van der Waals surface area (Å²) in [6, 6.07) is 1.46. The van der Waals surface area contributed by atoms with Crippen LogP contribution in [0, 0.1) is 0 Å². The standard InChI is InChI=1S/C13H24N2OS/c1-11-9-14-4-5-15(11)12-2-6-16-13(8-12)3-7-17-10-13/h11-12,14H,2-10H2,1H3/t11-,12?,13?/m1/s1. The lowest BCUT2D eigenvalue weighted by Gasteiger charge is -2.46.